The summed E-state index contributed by atoms with van der Waals surface area (Å²) in [5.41, 5.74) is 4.06. The monoisotopic (exact) mass is 433 g/mol. The van der Waals surface area contributed by atoms with Gasteiger partial charge >= 0.3 is 0 Å². The quantitative estimate of drug-likeness (QED) is 0.518. The Morgan fingerprint density at radius 1 is 0.935 bits per heavy atom. The van der Waals surface area contributed by atoms with Crippen molar-refractivity contribution in [1.29, 1.82) is 0 Å². The Morgan fingerprint density at radius 3 is 2.48 bits per heavy atom. The SMILES string of the molecule is OCCN1CCN(c2ncnc3c2c(-c2ccccc2)cn3-c2cccc(Cl)c2)CC1. The molecule has 1 aliphatic heterocycles. The number of fused-ring (bicyclic) bond motifs is 1. The number of aliphatic hydroxyl groups is 1. The van der Waals surface area contributed by atoms with Crippen LogP contribution in [0.5, 0.6) is 0 Å². The average Bonchev–Trinajstić information content (AvgIpc) is 3.20. The third-order valence-corrected chi connectivity index (χ3v) is 6.06. The Kier molecular flexibility index (Phi) is 5.59. The molecule has 4 aromatic rings. The number of benzene rings is 2. The van der Waals surface area contributed by atoms with Crippen LogP contribution in [0, 0.1) is 0 Å². The van der Waals surface area contributed by atoms with Gasteiger partial charge in [-0.25, -0.2) is 9.97 Å². The number of rotatable bonds is 5. The molecule has 2 aromatic carbocycles. The van der Waals surface area contributed by atoms with Crippen molar-refractivity contribution >= 4 is 28.5 Å². The fourth-order valence-corrected chi connectivity index (χ4v) is 4.45. The highest BCUT2D eigenvalue weighted by Gasteiger charge is 2.23. The van der Waals surface area contributed by atoms with E-state index in [9.17, 15) is 5.11 Å². The van der Waals surface area contributed by atoms with Gasteiger partial charge in [0.15, 0.2) is 5.65 Å². The van der Waals surface area contributed by atoms with E-state index in [1.165, 1.54) is 0 Å². The van der Waals surface area contributed by atoms with Crippen LogP contribution in [0.4, 0.5) is 5.82 Å². The lowest BCUT2D eigenvalue weighted by atomic mass is 10.1. The van der Waals surface area contributed by atoms with Crippen molar-refractivity contribution < 1.29 is 5.11 Å². The maximum Gasteiger partial charge on any atom is 0.150 e. The summed E-state index contributed by atoms with van der Waals surface area (Å²) in [5.74, 6) is 0.952. The van der Waals surface area contributed by atoms with Crippen LogP contribution < -0.4 is 4.90 Å². The van der Waals surface area contributed by atoms with Crippen molar-refractivity contribution in [3.05, 3.63) is 72.1 Å². The van der Waals surface area contributed by atoms with Gasteiger partial charge in [-0.2, -0.15) is 0 Å². The smallest absolute Gasteiger partial charge is 0.150 e. The number of piperazine rings is 1. The van der Waals surface area contributed by atoms with Gasteiger partial charge < -0.3 is 14.6 Å². The maximum atomic E-state index is 9.25. The van der Waals surface area contributed by atoms with Crippen molar-refractivity contribution in [3.8, 4) is 16.8 Å². The second-order valence-electron chi connectivity index (χ2n) is 7.71. The van der Waals surface area contributed by atoms with Gasteiger partial charge in [-0.15, -0.1) is 0 Å². The minimum Gasteiger partial charge on any atom is -0.395 e. The zero-order valence-electron chi connectivity index (χ0n) is 17.2. The van der Waals surface area contributed by atoms with Crippen molar-refractivity contribution in [2.75, 3.05) is 44.2 Å². The van der Waals surface area contributed by atoms with Crippen LogP contribution in [-0.2, 0) is 0 Å². The first-order valence-electron chi connectivity index (χ1n) is 10.5. The standard InChI is InChI=1S/C24H24ClN5O/c25-19-7-4-8-20(15-19)30-16-21(18-5-2-1-3-6-18)22-23(26-17-27-24(22)30)29-11-9-28(10-12-29)13-14-31/h1-8,15-17,31H,9-14H2. The molecule has 0 amide bonds. The number of aromatic nitrogens is 3. The van der Waals surface area contributed by atoms with E-state index in [-0.39, 0.29) is 6.61 Å². The predicted octanol–water partition coefficient (Wildman–Crippen LogP) is 3.86. The van der Waals surface area contributed by atoms with Gasteiger partial charge in [0.05, 0.1) is 12.0 Å². The number of hydrogen-bond acceptors (Lipinski definition) is 5. The first-order valence-corrected chi connectivity index (χ1v) is 10.9. The molecule has 1 N–H and O–H groups in total. The normalized spacial score (nSPS) is 15.0. The third-order valence-electron chi connectivity index (χ3n) is 5.82. The van der Waals surface area contributed by atoms with E-state index >= 15 is 0 Å². The molecule has 1 aliphatic rings. The average molecular weight is 434 g/mol. The summed E-state index contributed by atoms with van der Waals surface area (Å²) in [6.45, 7) is 4.45. The maximum absolute atomic E-state index is 9.25. The number of aliphatic hydroxyl groups excluding tert-OH is 1. The fourth-order valence-electron chi connectivity index (χ4n) is 4.27. The second kappa shape index (κ2) is 8.67. The first kappa shape index (κ1) is 20.0. The molecule has 31 heavy (non-hydrogen) atoms. The van der Waals surface area contributed by atoms with Crippen LogP contribution in [0.1, 0.15) is 0 Å². The van der Waals surface area contributed by atoms with E-state index in [0.29, 0.717) is 11.6 Å². The van der Waals surface area contributed by atoms with Crippen LogP contribution >= 0.6 is 11.6 Å². The lowest BCUT2D eigenvalue weighted by molar-refractivity contribution is 0.188. The largest absolute Gasteiger partial charge is 0.395 e. The topological polar surface area (TPSA) is 57.4 Å². The summed E-state index contributed by atoms with van der Waals surface area (Å²) >= 11 is 6.29. The second-order valence-corrected chi connectivity index (χ2v) is 8.14. The van der Waals surface area contributed by atoms with E-state index in [1.807, 2.05) is 30.3 Å². The van der Waals surface area contributed by atoms with E-state index < -0.39 is 0 Å². The van der Waals surface area contributed by atoms with E-state index in [1.54, 1.807) is 6.33 Å². The van der Waals surface area contributed by atoms with Gasteiger partial charge in [-0.05, 0) is 23.8 Å². The van der Waals surface area contributed by atoms with Gasteiger partial charge in [-0.1, -0.05) is 48.0 Å². The van der Waals surface area contributed by atoms with Crippen LogP contribution in [0.15, 0.2) is 67.1 Å². The number of nitrogens with zero attached hydrogens (tertiary/aromatic N) is 5. The molecule has 1 saturated heterocycles. The molecule has 6 nitrogen and oxygen atoms in total. The Labute approximate surface area is 186 Å². The van der Waals surface area contributed by atoms with Crippen molar-refractivity contribution in [3.63, 3.8) is 0 Å². The van der Waals surface area contributed by atoms with Gasteiger partial charge in [0.2, 0.25) is 0 Å². The first-order chi connectivity index (χ1) is 15.2. The number of β-amino-alcohol motifs (C(OH)–C–C–N with tert-alkyl or cyclic N) is 1. The highest BCUT2D eigenvalue weighted by Crippen LogP contribution is 2.37. The molecule has 0 aliphatic carbocycles. The Bertz CT molecular complexity index is 1190. The minimum absolute atomic E-state index is 0.193. The lowest BCUT2D eigenvalue weighted by Crippen LogP contribution is -2.47. The molecule has 2 aromatic heterocycles. The molecular formula is C24H24ClN5O. The Hall–Kier alpha value is -2.93. The molecule has 7 heteroatoms. The van der Waals surface area contributed by atoms with Crippen molar-refractivity contribution in [2.24, 2.45) is 0 Å². The Balaban J connectivity index is 1.66. The molecule has 3 heterocycles. The molecule has 0 atom stereocenters. The molecule has 0 unspecified atom stereocenters. The van der Waals surface area contributed by atoms with Crippen LogP contribution in [0.3, 0.4) is 0 Å². The zero-order chi connectivity index (χ0) is 21.2. The molecule has 5 rings (SSSR count). The Morgan fingerprint density at radius 2 is 1.74 bits per heavy atom. The molecule has 0 saturated carbocycles. The summed E-state index contributed by atoms with van der Waals surface area (Å²) in [7, 11) is 0. The number of anilines is 1. The molecule has 0 radical (unpaired) electrons. The fraction of sp³-hybridized carbons (Fsp3) is 0.250. The summed E-state index contributed by atoms with van der Waals surface area (Å²) in [4.78, 5) is 14.0. The van der Waals surface area contributed by atoms with Crippen molar-refractivity contribution in [1.82, 2.24) is 19.4 Å². The number of halogens is 1. The zero-order valence-corrected chi connectivity index (χ0v) is 17.9. The summed E-state index contributed by atoms with van der Waals surface area (Å²) in [6.07, 6.45) is 3.78. The molecule has 158 valence electrons. The minimum atomic E-state index is 0.193. The molecule has 0 bridgehead atoms. The van der Waals surface area contributed by atoms with Crippen LogP contribution in [-0.4, -0.2) is 63.9 Å². The third kappa shape index (κ3) is 3.90. The predicted molar refractivity (Wildman–Crippen MR) is 125 cm³/mol. The highest BCUT2D eigenvalue weighted by molar-refractivity contribution is 6.30. The van der Waals surface area contributed by atoms with Gasteiger partial charge in [0, 0.05) is 55.2 Å². The molecule has 0 spiro atoms. The van der Waals surface area contributed by atoms with Gasteiger partial charge in [0.25, 0.3) is 0 Å². The molecule has 1 fully saturated rings. The van der Waals surface area contributed by atoms with E-state index in [4.69, 9.17) is 16.6 Å². The molecular weight excluding hydrogens is 410 g/mol. The summed E-state index contributed by atoms with van der Waals surface area (Å²) < 4.78 is 2.09. The summed E-state index contributed by atoms with van der Waals surface area (Å²) in [5, 5.41) is 11.0. The van der Waals surface area contributed by atoms with Crippen molar-refractivity contribution in [2.45, 2.75) is 0 Å². The highest BCUT2D eigenvalue weighted by atomic mass is 35.5. The van der Waals surface area contributed by atoms with Crippen LogP contribution in [0.25, 0.3) is 27.8 Å². The lowest BCUT2D eigenvalue weighted by Gasteiger charge is -2.35. The van der Waals surface area contributed by atoms with E-state index in [2.05, 4.69) is 49.8 Å². The van der Waals surface area contributed by atoms with E-state index in [0.717, 1.165) is 59.8 Å². The van der Waals surface area contributed by atoms with Crippen LogP contribution in [0.2, 0.25) is 5.02 Å². The summed E-state index contributed by atoms with van der Waals surface area (Å²) in [6, 6.07) is 18.2. The number of hydrogen-bond donors (Lipinski definition) is 1. The van der Waals surface area contributed by atoms with Gasteiger partial charge in [0.1, 0.15) is 12.1 Å². The van der Waals surface area contributed by atoms with Gasteiger partial charge in [-0.3, -0.25) is 4.90 Å².